The summed E-state index contributed by atoms with van der Waals surface area (Å²) in [5, 5.41) is 9.40. The molecule has 1 aliphatic rings. The van der Waals surface area contributed by atoms with Crippen LogP contribution < -0.4 is 9.47 Å². The maximum absolute atomic E-state index is 11.4. The average molecular weight is 264 g/mol. The van der Waals surface area contributed by atoms with E-state index < -0.39 is 11.4 Å². The molecule has 0 radical (unpaired) electrons. The van der Waals surface area contributed by atoms with E-state index in [9.17, 15) is 9.90 Å². The second kappa shape index (κ2) is 5.95. The standard InChI is InChI=1S/C15H20O4/c1-2-18-12-7-3-4-8-13(12)19-11-15(14(16)17)9-5-6-10-15/h3-4,7-8H,2,5-6,9-11H2,1H3,(H,16,17). The van der Waals surface area contributed by atoms with Crippen LogP contribution in [-0.2, 0) is 4.79 Å². The second-order valence-corrected chi connectivity index (χ2v) is 4.96. The lowest BCUT2D eigenvalue weighted by molar-refractivity contribution is -0.150. The Labute approximate surface area is 113 Å². The Morgan fingerprint density at radius 2 is 1.79 bits per heavy atom. The van der Waals surface area contributed by atoms with Crippen molar-refractivity contribution in [1.82, 2.24) is 0 Å². The lowest BCUT2D eigenvalue weighted by Gasteiger charge is -2.24. The summed E-state index contributed by atoms with van der Waals surface area (Å²) in [6.07, 6.45) is 3.31. The molecule has 0 heterocycles. The summed E-state index contributed by atoms with van der Waals surface area (Å²) in [6.45, 7) is 2.68. The van der Waals surface area contributed by atoms with Gasteiger partial charge >= 0.3 is 5.97 Å². The molecular weight excluding hydrogens is 244 g/mol. The molecule has 0 atom stereocenters. The van der Waals surface area contributed by atoms with E-state index in [4.69, 9.17) is 9.47 Å². The predicted octanol–water partition coefficient (Wildman–Crippen LogP) is 3.11. The van der Waals surface area contributed by atoms with Crippen LogP contribution in [0.4, 0.5) is 0 Å². The van der Waals surface area contributed by atoms with Crippen molar-refractivity contribution in [3.8, 4) is 11.5 Å². The largest absolute Gasteiger partial charge is 0.490 e. The molecule has 0 unspecified atom stereocenters. The minimum Gasteiger partial charge on any atom is -0.490 e. The number of hydrogen-bond acceptors (Lipinski definition) is 3. The Kier molecular flexibility index (Phi) is 4.30. The van der Waals surface area contributed by atoms with Crippen molar-refractivity contribution in [2.45, 2.75) is 32.6 Å². The minimum atomic E-state index is -0.751. The van der Waals surface area contributed by atoms with Gasteiger partial charge in [0, 0.05) is 0 Å². The lowest BCUT2D eigenvalue weighted by atomic mass is 9.87. The van der Waals surface area contributed by atoms with Crippen molar-refractivity contribution in [2.24, 2.45) is 5.41 Å². The van der Waals surface area contributed by atoms with Crippen molar-refractivity contribution in [2.75, 3.05) is 13.2 Å². The van der Waals surface area contributed by atoms with Gasteiger partial charge in [-0.1, -0.05) is 25.0 Å². The van der Waals surface area contributed by atoms with Crippen molar-refractivity contribution < 1.29 is 19.4 Å². The number of carboxylic acids is 1. The Morgan fingerprint density at radius 3 is 2.32 bits per heavy atom. The third-order valence-electron chi connectivity index (χ3n) is 3.67. The molecule has 0 aromatic heterocycles. The van der Waals surface area contributed by atoms with Gasteiger partial charge < -0.3 is 14.6 Å². The number of ether oxygens (including phenoxy) is 2. The molecular formula is C15H20O4. The number of para-hydroxylation sites is 2. The number of aliphatic carboxylic acids is 1. The Bertz CT molecular complexity index is 436. The topological polar surface area (TPSA) is 55.8 Å². The van der Waals surface area contributed by atoms with Gasteiger partial charge in [-0.3, -0.25) is 4.79 Å². The first-order valence-electron chi connectivity index (χ1n) is 6.76. The first-order valence-corrected chi connectivity index (χ1v) is 6.76. The van der Waals surface area contributed by atoms with Gasteiger partial charge in [0.25, 0.3) is 0 Å². The fraction of sp³-hybridized carbons (Fsp3) is 0.533. The lowest BCUT2D eigenvalue weighted by Crippen LogP contribution is -2.34. The highest BCUT2D eigenvalue weighted by molar-refractivity contribution is 5.75. The Morgan fingerprint density at radius 1 is 1.21 bits per heavy atom. The van der Waals surface area contributed by atoms with Gasteiger partial charge in [0.1, 0.15) is 12.0 Å². The molecule has 4 heteroatoms. The van der Waals surface area contributed by atoms with Crippen molar-refractivity contribution in [1.29, 1.82) is 0 Å². The van der Waals surface area contributed by atoms with E-state index in [1.165, 1.54) is 0 Å². The molecule has 1 aliphatic carbocycles. The van der Waals surface area contributed by atoms with E-state index in [1.807, 2.05) is 31.2 Å². The summed E-state index contributed by atoms with van der Waals surface area (Å²) in [5.41, 5.74) is -0.723. The van der Waals surface area contributed by atoms with Crippen molar-refractivity contribution in [3.63, 3.8) is 0 Å². The van der Waals surface area contributed by atoms with Crippen LogP contribution in [0.15, 0.2) is 24.3 Å². The van der Waals surface area contributed by atoms with Crippen LogP contribution in [0.3, 0.4) is 0 Å². The normalized spacial score (nSPS) is 17.1. The maximum atomic E-state index is 11.4. The van der Waals surface area contributed by atoms with Crippen LogP contribution in [0.2, 0.25) is 0 Å². The first-order chi connectivity index (χ1) is 9.18. The van der Waals surface area contributed by atoms with E-state index in [1.54, 1.807) is 0 Å². The molecule has 1 saturated carbocycles. The van der Waals surface area contributed by atoms with E-state index in [2.05, 4.69) is 0 Å². The zero-order valence-corrected chi connectivity index (χ0v) is 11.2. The highest BCUT2D eigenvalue weighted by Crippen LogP contribution is 2.39. The van der Waals surface area contributed by atoms with E-state index in [0.717, 1.165) is 12.8 Å². The number of carboxylic acid groups (broad SMARTS) is 1. The van der Waals surface area contributed by atoms with Gasteiger partial charge in [0.15, 0.2) is 11.5 Å². The van der Waals surface area contributed by atoms with Gasteiger partial charge in [-0.05, 0) is 31.9 Å². The predicted molar refractivity (Wildman–Crippen MR) is 71.6 cm³/mol. The highest BCUT2D eigenvalue weighted by Gasteiger charge is 2.42. The molecule has 0 bridgehead atoms. The number of rotatable bonds is 6. The van der Waals surface area contributed by atoms with E-state index in [0.29, 0.717) is 30.9 Å². The molecule has 0 aliphatic heterocycles. The minimum absolute atomic E-state index is 0.215. The Hall–Kier alpha value is -1.71. The van der Waals surface area contributed by atoms with Crippen LogP contribution in [0.25, 0.3) is 0 Å². The van der Waals surface area contributed by atoms with Gasteiger partial charge in [-0.25, -0.2) is 0 Å². The summed E-state index contributed by atoms with van der Waals surface area (Å²) >= 11 is 0. The molecule has 0 saturated heterocycles. The molecule has 1 fully saturated rings. The van der Waals surface area contributed by atoms with Crippen molar-refractivity contribution >= 4 is 5.97 Å². The fourth-order valence-corrected chi connectivity index (χ4v) is 2.53. The maximum Gasteiger partial charge on any atom is 0.313 e. The quantitative estimate of drug-likeness (QED) is 0.857. The molecule has 2 rings (SSSR count). The molecule has 0 spiro atoms. The summed E-state index contributed by atoms with van der Waals surface area (Å²) in [5.74, 6) is 0.541. The molecule has 4 nitrogen and oxygen atoms in total. The van der Waals surface area contributed by atoms with E-state index >= 15 is 0 Å². The molecule has 1 N–H and O–H groups in total. The van der Waals surface area contributed by atoms with Gasteiger partial charge in [-0.15, -0.1) is 0 Å². The summed E-state index contributed by atoms with van der Waals surface area (Å²) < 4.78 is 11.2. The third-order valence-corrected chi connectivity index (χ3v) is 3.67. The summed E-state index contributed by atoms with van der Waals surface area (Å²) in [4.78, 5) is 11.4. The zero-order chi connectivity index (χ0) is 13.7. The molecule has 1 aromatic rings. The Balaban J connectivity index is 2.07. The van der Waals surface area contributed by atoms with Gasteiger partial charge in [0.05, 0.1) is 6.61 Å². The fourth-order valence-electron chi connectivity index (χ4n) is 2.53. The van der Waals surface area contributed by atoms with Gasteiger partial charge in [0.2, 0.25) is 0 Å². The highest BCUT2D eigenvalue weighted by atomic mass is 16.5. The van der Waals surface area contributed by atoms with E-state index in [-0.39, 0.29) is 6.61 Å². The monoisotopic (exact) mass is 264 g/mol. The van der Waals surface area contributed by atoms with Gasteiger partial charge in [-0.2, -0.15) is 0 Å². The molecule has 0 amide bonds. The van der Waals surface area contributed by atoms with Crippen LogP contribution in [0, 0.1) is 5.41 Å². The van der Waals surface area contributed by atoms with Crippen LogP contribution in [-0.4, -0.2) is 24.3 Å². The molecule has 104 valence electrons. The molecule has 1 aromatic carbocycles. The third kappa shape index (κ3) is 3.00. The SMILES string of the molecule is CCOc1ccccc1OCC1(C(=O)O)CCCC1. The number of hydrogen-bond donors (Lipinski definition) is 1. The number of carbonyl (C=O) groups is 1. The van der Waals surface area contributed by atoms with Crippen LogP contribution >= 0.6 is 0 Å². The van der Waals surface area contributed by atoms with Crippen molar-refractivity contribution in [3.05, 3.63) is 24.3 Å². The number of benzene rings is 1. The average Bonchev–Trinajstić information content (AvgIpc) is 2.88. The smallest absolute Gasteiger partial charge is 0.313 e. The zero-order valence-electron chi connectivity index (χ0n) is 11.2. The second-order valence-electron chi connectivity index (χ2n) is 4.96. The summed E-state index contributed by atoms with van der Waals surface area (Å²) in [7, 11) is 0. The van der Waals surface area contributed by atoms with Crippen LogP contribution in [0.5, 0.6) is 11.5 Å². The first kappa shape index (κ1) is 13.7. The summed E-state index contributed by atoms with van der Waals surface area (Å²) in [6, 6.07) is 7.39. The van der Waals surface area contributed by atoms with Crippen LogP contribution in [0.1, 0.15) is 32.6 Å². The molecule has 19 heavy (non-hydrogen) atoms.